The van der Waals surface area contributed by atoms with Crippen LogP contribution < -0.4 is 22.1 Å². The normalized spacial score (nSPS) is 11.9. The van der Waals surface area contributed by atoms with Gasteiger partial charge in [-0.1, -0.05) is 30.3 Å². The molecule has 0 aliphatic rings. The van der Waals surface area contributed by atoms with Crippen molar-refractivity contribution < 1.29 is 4.79 Å². The topological polar surface area (TPSA) is 150 Å². The highest BCUT2D eigenvalue weighted by Crippen LogP contribution is 2.22. The van der Waals surface area contributed by atoms with Gasteiger partial charge in [-0.25, -0.2) is 0 Å². The predicted molar refractivity (Wildman–Crippen MR) is 114 cm³/mol. The minimum atomic E-state index is -0.729. The molecule has 1 atom stereocenters. The second kappa shape index (κ2) is 8.13. The lowest BCUT2D eigenvalue weighted by atomic mass is 10.1. The fraction of sp³-hybridized carbons (Fsp3) is 0.150. The molecule has 0 saturated heterocycles. The largest absolute Gasteiger partial charge is 0.364 e. The number of carbonyl (C=O) groups excluding carboxylic acids is 1. The molecule has 4 aromatic rings. The van der Waals surface area contributed by atoms with Crippen molar-refractivity contribution in [1.82, 2.24) is 25.0 Å². The molecule has 0 unspecified atom stereocenters. The van der Waals surface area contributed by atoms with Crippen molar-refractivity contribution in [2.45, 2.75) is 6.04 Å². The quantitative estimate of drug-likeness (QED) is 0.364. The van der Waals surface area contributed by atoms with Gasteiger partial charge in [0.15, 0.2) is 11.5 Å². The van der Waals surface area contributed by atoms with Crippen LogP contribution in [-0.4, -0.2) is 37.4 Å². The minimum Gasteiger partial charge on any atom is -0.364 e. The summed E-state index contributed by atoms with van der Waals surface area (Å²) in [6.45, 7) is 0.392. The summed E-state index contributed by atoms with van der Waals surface area (Å²) >= 11 is 0. The molecule has 6 N–H and O–H groups in total. The monoisotopic (exact) mass is 403 g/mol. The van der Waals surface area contributed by atoms with Crippen LogP contribution in [0.4, 0.5) is 17.5 Å². The molecule has 0 bridgehead atoms. The molecule has 1 amide bonds. The number of hydrogen-bond acceptors (Lipinski definition) is 8. The molecule has 0 aliphatic carbocycles. The molecule has 0 saturated carbocycles. The molecule has 10 heteroatoms. The van der Waals surface area contributed by atoms with Crippen molar-refractivity contribution in [2.75, 3.05) is 17.2 Å². The van der Waals surface area contributed by atoms with Gasteiger partial charge in [-0.05, 0) is 23.8 Å². The Bertz CT molecular complexity index is 1190. The van der Waals surface area contributed by atoms with Crippen molar-refractivity contribution in [3.05, 3.63) is 66.0 Å². The van der Waals surface area contributed by atoms with E-state index in [4.69, 9.17) is 11.5 Å². The SMILES string of the molecule is Cn1cc2cc(Nc3nc(NC[C@@H](N)c4ccccc4)nnc3C(N)=O)ccc2n1. The lowest BCUT2D eigenvalue weighted by Gasteiger charge is -2.14. The number of aromatic nitrogens is 5. The third kappa shape index (κ3) is 4.18. The summed E-state index contributed by atoms with van der Waals surface area (Å²) in [6, 6.07) is 15.0. The number of rotatable bonds is 7. The van der Waals surface area contributed by atoms with Gasteiger partial charge in [0.1, 0.15) is 0 Å². The number of amides is 1. The first kappa shape index (κ1) is 19.3. The second-order valence-electron chi connectivity index (χ2n) is 6.80. The average Bonchev–Trinajstić information content (AvgIpc) is 3.12. The van der Waals surface area contributed by atoms with Crippen molar-refractivity contribution >= 4 is 34.3 Å². The number of fused-ring (bicyclic) bond motifs is 1. The summed E-state index contributed by atoms with van der Waals surface area (Å²) < 4.78 is 1.73. The number of hydrogen-bond donors (Lipinski definition) is 4. The molecule has 30 heavy (non-hydrogen) atoms. The molecule has 2 aromatic heterocycles. The van der Waals surface area contributed by atoms with Crippen molar-refractivity contribution in [3.63, 3.8) is 0 Å². The highest BCUT2D eigenvalue weighted by Gasteiger charge is 2.16. The summed E-state index contributed by atoms with van der Waals surface area (Å²) in [4.78, 5) is 16.1. The number of anilines is 3. The summed E-state index contributed by atoms with van der Waals surface area (Å²) in [5, 5.41) is 19.3. The lowest BCUT2D eigenvalue weighted by Crippen LogP contribution is -2.23. The van der Waals surface area contributed by atoms with Gasteiger partial charge in [0.25, 0.3) is 5.91 Å². The van der Waals surface area contributed by atoms with Crippen molar-refractivity contribution in [1.29, 1.82) is 0 Å². The Hall–Kier alpha value is -4.05. The molecule has 4 rings (SSSR count). The van der Waals surface area contributed by atoms with E-state index in [1.807, 2.05) is 61.8 Å². The minimum absolute atomic E-state index is 0.0563. The second-order valence-corrected chi connectivity index (χ2v) is 6.80. The smallest absolute Gasteiger partial charge is 0.273 e. The van der Waals surface area contributed by atoms with E-state index >= 15 is 0 Å². The van der Waals surface area contributed by atoms with Gasteiger partial charge >= 0.3 is 0 Å². The summed E-state index contributed by atoms with van der Waals surface area (Å²) in [7, 11) is 1.85. The summed E-state index contributed by atoms with van der Waals surface area (Å²) in [6.07, 6.45) is 1.89. The highest BCUT2D eigenvalue weighted by molar-refractivity contribution is 5.96. The van der Waals surface area contributed by atoms with Crippen LogP contribution in [0.1, 0.15) is 22.1 Å². The van der Waals surface area contributed by atoms with Gasteiger partial charge in [0.2, 0.25) is 5.95 Å². The zero-order valence-corrected chi connectivity index (χ0v) is 16.3. The van der Waals surface area contributed by atoms with Crippen LogP contribution >= 0.6 is 0 Å². The fourth-order valence-electron chi connectivity index (χ4n) is 3.04. The van der Waals surface area contributed by atoms with Crippen LogP contribution in [0.5, 0.6) is 0 Å². The van der Waals surface area contributed by atoms with E-state index in [1.54, 1.807) is 4.68 Å². The van der Waals surface area contributed by atoms with Gasteiger partial charge in [0.05, 0.1) is 5.52 Å². The third-order valence-electron chi connectivity index (χ3n) is 4.51. The Labute approximate surface area is 172 Å². The van der Waals surface area contributed by atoms with Crippen LogP contribution in [0.25, 0.3) is 10.9 Å². The summed E-state index contributed by atoms with van der Waals surface area (Å²) in [5.41, 5.74) is 14.1. The van der Waals surface area contributed by atoms with E-state index in [1.165, 1.54) is 0 Å². The van der Waals surface area contributed by atoms with E-state index < -0.39 is 5.91 Å². The number of nitrogens with zero attached hydrogens (tertiary/aromatic N) is 5. The average molecular weight is 403 g/mol. The van der Waals surface area contributed by atoms with Crippen LogP contribution in [0.2, 0.25) is 0 Å². The van der Waals surface area contributed by atoms with Crippen LogP contribution in [0, 0.1) is 0 Å². The van der Waals surface area contributed by atoms with E-state index in [0.29, 0.717) is 12.2 Å². The number of carbonyl (C=O) groups is 1. The maximum absolute atomic E-state index is 11.8. The van der Waals surface area contributed by atoms with Crippen LogP contribution in [0.3, 0.4) is 0 Å². The molecular formula is C20H21N9O. The molecular weight excluding hydrogens is 382 g/mol. The Morgan fingerprint density at radius 3 is 2.73 bits per heavy atom. The predicted octanol–water partition coefficient (Wildman–Crippen LogP) is 1.71. The molecule has 0 fully saturated rings. The van der Waals surface area contributed by atoms with E-state index in [-0.39, 0.29) is 23.5 Å². The van der Waals surface area contributed by atoms with E-state index in [0.717, 1.165) is 16.5 Å². The van der Waals surface area contributed by atoms with Gasteiger partial charge in [-0.15, -0.1) is 10.2 Å². The van der Waals surface area contributed by atoms with Gasteiger partial charge in [-0.3, -0.25) is 9.48 Å². The van der Waals surface area contributed by atoms with Gasteiger partial charge in [-0.2, -0.15) is 10.1 Å². The fourth-order valence-corrected chi connectivity index (χ4v) is 3.04. The molecule has 10 nitrogen and oxygen atoms in total. The molecule has 152 valence electrons. The molecule has 0 aliphatic heterocycles. The van der Waals surface area contributed by atoms with Gasteiger partial charge in [0, 0.05) is 36.9 Å². The number of benzene rings is 2. The Morgan fingerprint density at radius 2 is 1.97 bits per heavy atom. The Balaban J connectivity index is 1.55. The Kier molecular flexibility index (Phi) is 5.22. The van der Waals surface area contributed by atoms with Crippen molar-refractivity contribution in [2.24, 2.45) is 18.5 Å². The summed E-state index contributed by atoms with van der Waals surface area (Å²) in [5.74, 6) is -0.291. The van der Waals surface area contributed by atoms with Crippen LogP contribution in [-0.2, 0) is 7.05 Å². The van der Waals surface area contributed by atoms with Gasteiger partial charge < -0.3 is 22.1 Å². The van der Waals surface area contributed by atoms with Crippen LogP contribution in [0.15, 0.2) is 54.7 Å². The first-order chi connectivity index (χ1) is 14.5. The van der Waals surface area contributed by atoms with E-state index in [2.05, 4.69) is 30.9 Å². The third-order valence-corrected chi connectivity index (χ3v) is 4.51. The number of nitrogens with two attached hydrogens (primary N) is 2. The van der Waals surface area contributed by atoms with E-state index in [9.17, 15) is 4.79 Å². The number of aryl methyl sites for hydroxylation is 1. The Morgan fingerprint density at radius 1 is 1.17 bits per heavy atom. The molecule has 2 aromatic carbocycles. The first-order valence-corrected chi connectivity index (χ1v) is 9.29. The maximum atomic E-state index is 11.8. The lowest BCUT2D eigenvalue weighted by molar-refractivity contribution is 0.0995. The zero-order valence-electron chi connectivity index (χ0n) is 16.3. The molecule has 2 heterocycles. The maximum Gasteiger partial charge on any atom is 0.273 e. The zero-order chi connectivity index (χ0) is 21.1. The molecule has 0 radical (unpaired) electrons. The highest BCUT2D eigenvalue weighted by atomic mass is 16.1. The van der Waals surface area contributed by atoms with Crippen molar-refractivity contribution in [3.8, 4) is 0 Å². The first-order valence-electron chi connectivity index (χ1n) is 9.29. The number of nitrogens with one attached hydrogen (secondary N) is 2. The standard InChI is InChI=1S/C20H21N9O/c1-29-11-13-9-14(7-8-16(13)28-29)24-19-17(18(22)30)26-27-20(25-19)23-10-15(21)12-5-3-2-4-6-12/h2-9,11,15H,10,21H2,1H3,(H2,22,30)(H2,23,24,25,27)/t15-/m1/s1. The number of primary amides is 1. The molecule has 0 spiro atoms.